The Labute approximate surface area is 65.5 Å². The van der Waals surface area contributed by atoms with Gasteiger partial charge in [-0.3, -0.25) is 4.79 Å². The van der Waals surface area contributed by atoms with E-state index in [2.05, 4.69) is 10.3 Å². The average Bonchev–Trinajstić information content (AvgIpc) is 2.06. The minimum absolute atomic E-state index is 0.135. The van der Waals surface area contributed by atoms with E-state index in [1.807, 2.05) is 0 Å². The van der Waals surface area contributed by atoms with E-state index in [9.17, 15) is 4.79 Å². The Morgan fingerprint density at radius 3 is 3.00 bits per heavy atom. The monoisotopic (exact) mass is 149 g/mol. The molecule has 0 aliphatic heterocycles. The number of carbonyl (C=O) groups excluding carboxylic acids is 1. The summed E-state index contributed by atoms with van der Waals surface area (Å²) in [6, 6.07) is 5.29. The van der Waals surface area contributed by atoms with E-state index in [-0.39, 0.29) is 5.91 Å². The Balaban J connectivity index is 2.58. The highest BCUT2D eigenvalue weighted by molar-refractivity contribution is 5.79. The van der Waals surface area contributed by atoms with Gasteiger partial charge in [-0.15, -0.1) is 0 Å². The highest BCUT2D eigenvalue weighted by atomic mass is 16.1. The Kier molecular flexibility index (Phi) is 2.60. The van der Waals surface area contributed by atoms with Gasteiger partial charge in [-0.25, -0.2) is 4.98 Å². The SMILES string of the molecule is CCC(=O)[N]c1ccccn1. The standard InChI is InChI=1S/C8H9N2O/c1-2-8(11)10-7-5-3-4-6-9-7/h3-6H,2H2,1H3. The molecule has 11 heavy (non-hydrogen) atoms. The summed E-state index contributed by atoms with van der Waals surface area (Å²) in [5.41, 5.74) is 0. The van der Waals surface area contributed by atoms with Crippen molar-refractivity contribution in [1.29, 1.82) is 0 Å². The van der Waals surface area contributed by atoms with E-state index < -0.39 is 0 Å². The van der Waals surface area contributed by atoms with Crippen LogP contribution in [0.15, 0.2) is 24.4 Å². The van der Waals surface area contributed by atoms with Gasteiger partial charge in [-0.2, -0.15) is 5.32 Å². The van der Waals surface area contributed by atoms with Gasteiger partial charge in [0.2, 0.25) is 5.91 Å². The first-order valence-electron chi connectivity index (χ1n) is 3.48. The van der Waals surface area contributed by atoms with Crippen LogP contribution in [-0.2, 0) is 4.79 Å². The number of carbonyl (C=O) groups is 1. The predicted octanol–water partition coefficient (Wildman–Crippen LogP) is 1.25. The summed E-state index contributed by atoms with van der Waals surface area (Å²) in [6.45, 7) is 1.77. The van der Waals surface area contributed by atoms with E-state index >= 15 is 0 Å². The van der Waals surface area contributed by atoms with Gasteiger partial charge < -0.3 is 0 Å². The Morgan fingerprint density at radius 1 is 1.64 bits per heavy atom. The van der Waals surface area contributed by atoms with Crippen LogP contribution in [0.1, 0.15) is 13.3 Å². The van der Waals surface area contributed by atoms with E-state index in [0.29, 0.717) is 12.2 Å². The summed E-state index contributed by atoms with van der Waals surface area (Å²) in [6.07, 6.45) is 2.04. The van der Waals surface area contributed by atoms with Crippen molar-refractivity contribution in [2.24, 2.45) is 0 Å². The lowest BCUT2D eigenvalue weighted by molar-refractivity contribution is -0.119. The van der Waals surface area contributed by atoms with Gasteiger partial charge in [0.15, 0.2) is 5.82 Å². The lowest BCUT2D eigenvalue weighted by atomic mass is 10.4. The smallest absolute Gasteiger partial charge is 0.247 e. The first-order valence-corrected chi connectivity index (χ1v) is 3.48. The third-order valence-corrected chi connectivity index (χ3v) is 1.19. The van der Waals surface area contributed by atoms with Crippen LogP contribution in [0.4, 0.5) is 5.82 Å². The third kappa shape index (κ3) is 2.37. The second-order valence-corrected chi connectivity index (χ2v) is 2.05. The molecule has 0 spiro atoms. The summed E-state index contributed by atoms with van der Waals surface area (Å²) >= 11 is 0. The normalized spacial score (nSPS) is 9.18. The number of nitrogens with zero attached hydrogens (tertiary/aromatic N) is 2. The van der Waals surface area contributed by atoms with Crippen molar-refractivity contribution in [1.82, 2.24) is 10.3 Å². The van der Waals surface area contributed by atoms with E-state index in [1.165, 1.54) is 0 Å². The van der Waals surface area contributed by atoms with Crippen molar-refractivity contribution in [3.05, 3.63) is 24.4 Å². The molecule has 3 nitrogen and oxygen atoms in total. The van der Waals surface area contributed by atoms with E-state index in [1.54, 1.807) is 31.3 Å². The van der Waals surface area contributed by atoms with Gasteiger partial charge in [0.25, 0.3) is 0 Å². The predicted molar refractivity (Wildman–Crippen MR) is 41.3 cm³/mol. The number of amides is 1. The Bertz CT molecular complexity index is 233. The lowest BCUT2D eigenvalue weighted by Crippen LogP contribution is -2.08. The van der Waals surface area contributed by atoms with Gasteiger partial charge in [0.05, 0.1) is 0 Å². The summed E-state index contributed by atoms with van der Waals surface area (Å²) in [7, 11) is 0. The van der Waals surface area contributed by atoms with Gasteiger partial charge in [-0.05, 0) is 12.1 Å². The molecule has 1 aromatic heterocycles. The molecule has 0 saturated heterocycles. The van der Waals surface area contributed by atoms with Crippen molar-refractivity contribution in [2.45, 2.75) is 13.3 Å². The molecule has 57 valence electrons. The number of pyridine rings is 1. The van der Waals surface area contributed by atoms with Crippen LogP contribution >= 0.6 is 0 Å². The molecule has 1 rings (SSSR count). The molecular formula is C8H9N2O. The zero-order chi connectivity index (χ0) is 8.10. The Hall–Kier alpha value is -1.38. The lowest BCUT2D eigenvalue weighted by Gasteiger charge is -1.95. The molecule has 0 atom stereocenters. The maximum Gasteiger partial charge on any atom is 0.247 e. The number of hydrogen-bond donors (Lipinski definition) is 0. The van der Waals surface area contributed by atoms with Crippen LogP contribution in [0.2, 0.25) is 0 Å². The number of rotatable bonds is 2. The highest BCUT2D eigenvalue weighted by Crippen LogP contribution is 1.99. The summed E-state index contributed by atoms with van der Waals surface area (Å²) in [4.78, 5) is 14.7. The number of hydrogen-bond acceptors (Lipinski definition) is 2. The fourth-order valence-corrected chi connectivity index (χ4v) is 0.627. The molecule has 3 heteroatoms. The summed E-state index contributed by atoms with van der Waals surface area (Å²) < 4.78 is 0. The molecule has 0 aliphatic rings. The second kappa shape index (κ2) is 3.71. The van der Waals surface area contributed by atoms with Crippen LogP contribution in [0, 0.1) is 0 Å². The van der Waals surface area contributed by atoms with Crippen LogP contribution in [0.3, 0.4) is 0 Å². The molecule has 0 N–H and O–H groups in total. The molecular weight excluding hydrogens is 140 g/mol. The van der Waals surface area contributed by atoms with Gasteiger partial charge in [-0.1, -0.05) is 13.0 Å². The van der Waals surface area contributed by atoms with Gasteiger partial charge in [0.1, 0.15) is 0 Å². The Morgan fingerprint density at radius 2 is 2.45 bits per heavy atom. The molecule has 0 aliphatic carbocycles. The van der Waals surface area contributed by atoms with E-state index in [4.69, 9.17) is 0 Å². The highest BCUT2D eigenvalue weighted by Gasteiger charge is 1.99. The minimum Gasteiger partial charge on any atom is -0.273 e. The van der Waals surface area contributed by atoms with Crippen molar-refractivity contribution in [2.75, 3.05) is 0 Å². The maximum atomic E-state index is 10.8. The molecule has 1 heterocycles. The van der Waals surface area contributed by atoms with Gasteiger partial charge in [0, 0.05) is 12.6 Å². The molecule has 1 aromatic rings. The quantitative estimate of drug-likeness (QED) is 0.635. The zero-order valence-corrected chi connectivity index (χ0v) is 6.32. The fraction of sp³-hybridized carbons (Fsp3) is 0.250. The molecule has 0 unspecified atom stereocenters. The summed E-state index contributed by atoms with van der Waals surface area (Å²) in [5, 5.41) is 3.73. The summed E-state index contributed by atoms with van der Waals surface area (Å²) in [5.74, 6) is 0.350. The van der Waals surface area contributed by atoms with Crippen molar-refractivity contribution in [3.8, 4) is 0 Å². The van der Waals surface area contributed by atoms with Crippen molar-refractivity contribution in [3.63, 3.8) is 0 Å². The molecule has 1 amide bonds. The minimum atomic E-state index is -0.135. The average molecular weight is 149 g/mol. The molecule has 0 fully saturated rings. The third-order valence-electron chi connectivity index (χ3n) is 1.19. The first-order chi connectivity index (χ1) is 5.33. The van der Waals surface area contributed by atoms with Crippen LogP contribution < -0.4 is 5.32 Å². The van der Waals surface area contributed by atoms with E-state index in [0.717, 1.165) is 0 Å². The van der Waals surface area contributed by atoms with Crippen LogP contribution in [0.5, 0.6) is 0 Å². The maximum absolute atomic E-state index is 10.8. The number of aromatic nitrogens is 1. The molecule has 0 bridgehead atoms. The molecule has 0 saturated carbocycles. The zero-order valence-electron chi connectivity index (χ0n) is 6.32. The van der Waals surface area contributed by atoms with Crippen LogP contribution in [0.25, 0.3) is 0 Å². The molecule has 1 radical (unpaired) electrons. The van der Waals surface area contributed by atoms with Crippen molar-refractivity contribution >= 4 is 11.7 Å². The molecule has 0 aromatic carbocycles. The first kappa shape index (κ1) is 7.72. The second-order valence-electron chi connectivity index (χ2n) is 2.05. The van der Waals surface area contributed by atoms with Gasteiger partial charge >= 0.3 is 0 Å². The largest absolute Gasteiger partial charge is 0.273 e. The van der Waals surface area contributed by atoms with Crippen LogP contribution in [-0.4, -0.2) is 10.9 Å². The topological polar surface area (TPSA) is 44.1 Å². The fourth-order valence-electron chi connectivity index (χ4n) is 0.627. The van der Waals surface area contributed by atoms with Crippen molar-refractivity contribution < 1.29 is 4.79 Å².